The Morgan fingerprint density at radius 2 is 1.77 bits per heavy atom. The summed E-state index contributed by atoms with van der Waals surface area (Å²) in [6.45, 7) is 4.02. The van der Waals surface area contributed by atoms with Gasteiger partial charge in [0.25, 0.3) is 0 Å². The Labute approximate surface area is 184 Å². The second kappa shape index (κ2) is 9.14. The third-order valence-corrected chi connectivity index (χ3v) is 6.08. The number of hydrogen-bond acceptors (Lipinski definition) is 6. The quantitative estimate of drug-likeness (QED) is 0.352. The van der Waals surface area contributed by atoms with Crippen molar-refractivity contribution in [2.45, 2.75) is 26.3 Å². The van der Waals surface area contributed by atoms with E-state index in [1.165, 1.54) is 17.7 Å². The first-order valence-electron chi connectivity index (χ1n) is 10.0. The normalized spacial score (nSPS) is 12.1. The van der Waals surface area contributed by atoms with Crippen molar-refractivity contribution in [3.8, 4) is 33.0 Å². The molecule has 158 valence electrons. The van der Waals surface area contributed by atoms with E-state index < -0.39 is 5.97 Å². The van der Waals surface area contributed by atoms with Crippen molar-refractivity contribution in [1.82, 2.24) is 9.97 Å². The molecule has 6 nitrogen and oxygen atoms in total. The van der Waals surface area contributed by atoms with Gasteiger partial charge in [0.05, 0.1) is 23.2 Å². The Hall–Kier alpha value is -3.45. The van der Waals surface area contributed by atoms with Gasteiger partial charge < -0.3 is 14.8 Å². The molecule has 0 fully saturated rings. The smallest absolute Gasteiger partial charge is 0.305 e. The molecule has 4 rings (SSSR count). The molecule has 0 radical (unpaired) electrons. The minimum atomic E-state index is -0.825. The molecule has 0 aliphatic carbocycles. The van der Waals surface area contributed by atoms with Gasteiger partial charge in [-0.2, -0.15) is 0 Å². The van der Waals surface area contributed by atoms with Gasteiger partial charge in [-0.1, -0.05) is 79.8 Å². The molecule has 0 saturated heterocycles. The Kier molecular flexibility index (Phi) is 6.13. The summed E-state index contributed by atoms with van der Waals surface area (Å²) in [6, 6.07) is 17.9. The maximum Gasteiger partial charge on any atom is 0.305 e. The van der Waals surface area contributed by atoms with Crippen LogP contribution in [0.5, 0.6) is 0 Å². The molecule has 2 N–H and O–H groups in total. The lowest BCUT2D eigenvalue weighted by molar-refractivity contribution is -0.137. The van der Waals surface area contributed by atoms with Gasteiger partial charge in [0.2, 0.25) is 0 Å². The summed E-state index contributed by atoms with van der Waals surface area (Å²) in [4.78, 5) is 21.1. The molecule has 0 saturated carbocycles. The number of nitrogens with one attached hydrogen (secondary N) is 1. The lowest BCUT2D eigenvalue weighted by Crippen LogP contribution is -2.28. The fraction of sp³-hybridized carbons (Fsp3) is 0.208. The molecular formula is C24H23N3O3S. The number of carboxylic acids is 1. The largest absolute Gasteiger partial charge is 0.481 e. The van der Waals surface area contributed by atoms with Crippen LogP contribution in [0.15, 0.2) is 71.6 Å². The molecule has 4 aromatic rings. The van der Waals surface area contributed by atoms with Crippen LogP contribution in [0.2, 0.25) is 0 Å². The number of aromatic nitrogens is 2. The van der Waals surface area contributed by atoms with Gasteiger partial charge in [-0.05, 0) is 11.5 Å². The first-order valence-corrected chi connectivity index (χ1v) is 10.9. The van der Waals surface area contributed by atoms with Gasteiger partial charge in [0, 0.05) is 17.2 Å². The Morgan fingerprint density at radius 1 is 1.06 bits per heavy atom. The number of carbonyl (C=O) groups is 1. The van der Waals surface area contributed by atoms with Crippen molar-refractivity contribution in [3.05, 3.63) is 67.2 Å². The number of hydrogen-bond donors (Lipinski definition) is 2. The average Bonchev–Trinajstić information content (AvgIpc) is 3.44. The molecule has 1 unspecified atom stereocenters. The standard InChI is InChI=1S/C24H23N3O3S/c1-15(2)19(12-21(28)29)26-24-27-22(17-6-4-3-5-7-17)23(31-24)18-10-8-16(9-11-18)20-13-25-14-30-20/h3-11,13-15,19H,12H2,1-2H3,(H,26,27)(H,28,29). The first kappa shape index (κ1) is 20.8. The fourth-order valence-corrected chi connectivity index (χ4v) is 4.37. The number of thiazole rings is 1. The van der Waals surface area contributed by atoms with Crippen LogP contribution in [0.3, 0.4) is 0 Å². The van der Waals surface area contributed by atoms with Crippen molar-refractivity contribution < 1.29 is 14.3 Å². The molecule has 2 heterocycles. The lowest BCUT2D eigenvalue weighted by atomic mass is 10.0. The van der Waals surface area contributed by atoms with E-state index in [0.717, 1.165) is 33.0 Å². The molecule has 2 aromatic heterocycles. The highest BCUT2D eigenvalue weighted by atomic mass is 32.1. The van der Waals surface area contributed by atoms with Crippen LogP contribution in [0.4, 0.5) is 5.13 Å². The van der Waals surface area contributed by atoms with Crippen LogP contribution < -0.4 is 5.32 Å². The van der Waals surface area contributed by atoms with Crippen LogP contribution in [0, 0.1) is 5.92 Å². The highest BCUT2D eigenvalue weighted by Crippen LogP contribution is 2.40. The minimum absolute atomic E-state index is 0.0408. The molecule has 2 aromatic carbocycles. The summed E-state index contributed by atoms with van der Waals surface area (Å²) in [7, 11) is 0. The monoisotopic (exact) mass is 433 g/mol. The maximum absolute atomic E-state index is 11.3. The number of anilines is 1. The summed E-state index contributed by atoms with van der Waals surface area (Å²) in [5.41, 5.74) is 3.87. The lowest BCUT2D eigenvalue weighted by Gasteiger charge is -2.19. The SMILES string of the molecule is CC(C)C(CC(=O)O)Nc1nc(-c2ccccc2)c(-c2ccc(-c3cnco3)cc2)s1. The van der Waals surface area contributed by atoms with Crippen molar-refractivity contribution in [2.75, 3.05) is 5.32 Å². The van der Waals surface area contributed by atoms with E-state index in [1.807, 2.05) is 68.4 Å². The van der Waals surface area contributed by atoms with E-state index >= 15 is 0 Å². The van der Waals surface area contributed by atoms with E-state index in [-0.39, 0.29) is 18.4 Å². The van der Waals surface area contributed by atoms with Crippen molar-refractivity contribution in [2.24, 2.45) is 5.92 Å². The number of carboxylic acid groups (broad SMARTS) is 1. The Morgan fingerprint density at radius 3 is 2.39 bits per heavy atom. The number of oxazole rings is 1. The van der Waals surface area contributed by atoms with Gasteiger partial charge in [-0.3, -0.25) is 4.79 Å². The van der Waals surface area contributed by atoms with E-state index in [9.17, 15) is 9.90 Å². The highest BCUT2D eigenvalue weighted by Gasteiger charge is 2.21. The summed E-state index contributed by atoms with van der Waals surface area (Å²) in [6.07, 6.45) is 3.15. The molecule has 7 heteroatoms. The minimum Gasteiger partial charge on any atom is -0.481 e. The molecule has 0 bridgehead atoms. The van der Waals surface area contributed by atoms with E-state index in [1.54, 1.807) is 6.20 Å². The third kappa shape index (κ3) is 4.83. The van der Waals surface area contributed by atoms with Crippen molar-refractivity contribution in [1.29, 1.82) is 0 Å². The van der Waals surface area contributed by atoms with E-state index in [0.29, 0.717) is 5.13 Å². The van der Waals surface area contributed by atoms with Crippen LogP contribution in [0.1, 0.15) is 20.3 Å². The zero-order chi connectivity index (χ0) is 21.8. The topological polar surface area (TPSA) is 88.2 Å². The summed E-state index contributed by atoms with van der Waals surface area (Å²) in [5.74, 6) is 0.0500. The predicted molar refractivity (Wildman–Crippen MR) is 123 cm³/mol. The third-order valence-electron chi connectivity index (χ3n) is 5.05. The zero-order valence-electron chi connectivity index (χ0n) is 17.3. The molecule has 31 heavy (non-hydrogen) atoms. The van der Waals surface area contributed by atoms with Gasteiger partial charge in [0.1, 0.15) is 0 Å². The number of aliphatic carboxylic acids is 1. The molecular weight excluding hydrogens is 410 g/mol. The number of rotatable bonds is 8. The molecule has 0 spiro atoms. The summed E-state index contributed by atoms with van der Waals surface area (Å²) >= 11 is 1.53. The first-order chi connectivity index (χ1) is 15.0. The molecule has 0 aliphatic heterocycles. The van der Waals surface area contributed by atoms with E-state index in [2.05, 4.69) is 10.3 Å². The van der Waals surface area contributed by atoms with Gasteiger partial charge >= 0.3 is 5.97 Å². The Bertz CT molecular complexity index is 1140. The highest BCUT2D eigenvalue weighted by molar-refractivity contribution is 7.19. The van der Waals surface area contributed by atoms with Crippen LogP contribution in [0.25, 0.3) is 33.0 Å². The van der Waals surface area contributed by atoms with Crippen LogP contribution in [-0.2, 0) is 4.79 Å². The predicted octanol–water partition coefficient (Wildman–Crippen LogP) is 6.04. The summed E-state index contributed by atoms with van der Waals surface area (Å²) in [5, 5.41) is 13.3. The zero-order valence-corrected chi connectivity index (χ0v) is 18.1. The maximum atomic E-state index is 11.3. The molecule has 0 aliphatic rings. The van der Waals surface area contributed by atoms with Gasteiger partial charge in [-0.25, -0.2) is 9.97 Å². The van der Waals surface area contributed by atoms with Crippen LogP contribution in [-0.4, -0.2) is 27.1 Å². The molecule has 0 amide bonds. The summed E-state index contributed by atoms with van der Waals surface area (Å²) < 4.78 is 5.38. The fourth-order valence-electron chi connectivity index (χ4n) is 3.31. The molecule has 1 atom stereocenters. The Balaban J connectivity index is 1.71. The second-order valence-corrected chi connectivity index (χ2v) is 8.60. The van der Waals surface area contributed by atoms with Gasteiger partial charge in [-0.15, -0.1) is 0 Å². The van der Waals surface area contributed by atoms with Gasteiger partial charge in [0.15, 0.2) is 17.3 Å². The average molecular weight is 434 g/mol. The van der Waals surface area contributed by atoms with Crippen molar-refractivity contribution in [3.63, 3.8) is 0 Å². The van der Waals surface area contributed by atoms with Crippen molar-refractivity contribution >= 4 is 22.4 Å². The number of benzene rings is 2. The van der Waals surface area contributed by atoms with E-state index in [4.69, 9.17) is 9.40 Å². The van der Waals surface area contributed by atoms with Crippen LogP contribution >= 0.6 is 11.3 Å². The second-order valence-electron chi connectivity index (χ2n) is 7.60. The number of nitrogens with zero attached hydrogens (tertiary/aromatic N) is 2.